The highest BCUT2D eigenvalue weighted by Crippen LogP contribution is 2.31. The lowest BCUT2D eigenvalue weighted by molar-refractivity contribution is -0.385. The van der Waals surface area contributed by atoms with E-state index in [0.717, 1.165) is 6.07 Å². The summed E-state index contributed by atoms with van der Waals surface area (Å²) in [6.07, 6.45) is 0. The van der Waals surface area contributed by atoms with Gasteiger partial charge in [0.15, 0.2) is 0 Å². The molecule has 6 heteroatoms. The molecule has 0 saturated heterocycles. The van der Waals surface area contributed by atoms with Crippen molar-refractivity contribution in [2.45, 2.75) is 18.2 Å². The highest BCUT2D eigenvalue weighted by molar-refractivity contribution is 9.08. The van der Waals surface area contributed by atoms with E-state index in [1.807, 2.05) is 0 Å². The predicted molar refractivity (Wildman–Crippen MR) is 55.3 cm³/mol. The summed E-state index contributed by atoms with van der Waals surface area (Å²) in [6.45, 7) is 0.708. The van der Waals surface area contributed by atoms with Gasteiger partial charge in [0.05, 0.1) is 4.92 Å². The van der Waals surface area contributed by atoms with Crippen molar-refractivity contribution >= 4 is 21.6 Å². The highest BCUT2D eigenvalue weighted by atomic mass is 79.9. The summed E-state index contributed by atoms with van der Waals surface area (Å²) in [7, 11) is 0. The molecule has 0 aliphatic heterocycles. The summed E-state index contributed by atoms with van der Waals surface area (Å²) in [5.74, 6) is -3.06. The van der Waals surface area contributed by atoms with E-state index >= 15 is 0 Å². The van der Waals surface area contributed by atoms with Gasteiger partial charge < -0.3 is 0 Å². The third kappa shape index (κ3) is 2.71. The first kappa shape index (κ1) is 12.0. The average Bonchev–Trinajstić information content (AvgIpc) is 2.15. The van der Waals surface area contributed by atoms with Crippen molar-refractivity contribution in [3.63, 3.8) is 0 Å². The van der Waals surface area contributed by atoms with E-state index in [4.69, 9.17) is 0 Å². The molecule has 0 spiro atoms. The van der Waals surface area contributed by atoms with Crippen molar-refractivity contribution in [1.29, 1.82) is 0 Å². The number of rotatable bonds is 3. The van der Waals surface area contributed by atoms with Gasteiger partial charge in [-0.2, -0.15) is 0 Å². The van der Waals surface area contributed by atoms with Crippen molar-refractivity contribution in [2.24, 2.45) is 0 Å². The first-order chi connectivity index (χ1) is 6.86. The maximum atomic E-state index is 12.9. The minimum absolute atomic E-state index is 0.263. The largest absolute Gasteiger partial charge is 0.273 e. The highest BCUT2D eigenvalue weighted by Gasteiger charge is 2.27. The van der Waals surface area contributed by atoms with Gasteiger partial charge in [-0.25, -0.2) is 8.78 Å². The van der Waals surface area contributed by atoms with Gasteiger partial charge >= 0.3 is 0 Å². The van der Waals surface area contributed by atoms with Crippen molar-refractivity contribution in [1.82, 2.24) is 0 Å². The number of halogens is 3. The molecule has 0 amide bonds. The minimum atomic E-state index is -3.06. The maximum absolute atomic E-state index is 12.9. The number of alkyl halides is 3. The second-order valence-corrected chi connectivity index (χ2v) is 3.68. The van der Waals surface area contributed by atoms with Gasteiger partial charge in [0.25, 0.3) is 11.6 Å². The SMILES string of the molecule is CC(F)(F)c1ccc(CBr)c([N+](=O)[O-])c1. The van der Waals surface area contributed by atoms with Crippen molar-refractivity contribution in [2.75, 3.05) is 0 Å². The Hall–Kier alpha value is -1.04. The van der Waals surface area contributed by atoms with E-state index in [-0.39, 0.29) is 16.6 Å². The molecule has 0 atom stereocenters. The molecule has 0 N–H and O–H groups in total. The van der Waals surface area contributed by atoms with Gasteiger partial charge in [-0.1, -0.05) is 28.1 Å². The van der Waals surface area contributed by atoms with Crippen LogP contribution in [0.25, 0.3) is 0 Å². The monoisotopic (exact) mass is 279 g/mol. The molecule has 0 aliphatic carbocycles. The second-order valence-electron chi connectivity index (χ2n) is 3.12. The first-order valence-electron chi connectivity index (χ1n) is 4.08. The van der Waals surface area contributed by atoms with Crippen molar-refractivity contribution in [3.8, 4) is 0 Å². The van der Waals surface area contributed by atoms with E-state index in [0.29, 0.717) is 12.5 Å². The lowest BCUT2D eigenvalue weighted by atomic mass is 10.1. The third-order valence-electron chi connectivity index (χ3n) is 1.93. The first-order valence-corrected chi connectivity index (χ1v) is 5.20. The van der Waals surface area contributed by atoms with E-state index in [2.05, 4.69) is 15.9 Å². The summed E-state index contributed by atoms with van der Waals surface area (Å²) >= 11 is 3.06. The summed E-state index contributed by atoms with van der Waals surface area (Å²) < 4.78 is 25.8. The van der Waals surface area contributed by atoms with Crippen LogP contribution in [-0.4, -0.2) is 4.92 Å². The molecule has 0 aromatic heterocycles. The fourth-order valence-electron chi connectivity index (χ4n) is 1.12. The third-order valence-corrected chi connectivity index (χ3v) is 2.54. The summed E-state index contributed by atoms with van der Waals surface area (Å²) in [4.78, 5) is 9.94. The van der Waals surface area contributed by atoms with Gasteiger partial charge in [-0.3, -0.25) is 10.1 Å². The van der Waals surface area contributed by atoms with Gasteiger partial charge in [-0.05, 0) is 0 Å². The van der Waals surface area contributed by atoms with Gasteiger partial charge in [0.1, 0.15) is 0 Å². The van der Waals surface area contributed by atoms with Gasteiger partial charge in [0.2, 0.25) is 0 Å². The molecule has 82 valence electrons. The Morgan fingerprint density at radius 1 is 1.53 bits per heavy atom. The fourth-order valence-corrected chi connectivity index (χ4v) is 1.59. The Bertz CT molecular complexity index is 390. The average molecular weight is 280 g/mol. The lowest BCUT2D eigenvalue weighted by Crippen LogP contribution is -2.08. The number of hydrogen-bond acceptors (Lipinski definition) is 2. The Kier molecular flexibility index (Phi) is 3.38. The van der Waals surface area contributed by atoms with Crippen LogP contribution in [0.15, 0.2) is 18.2 Å². The summed E-state index contributed by atoms with van der Waals surface area (Å²) in [6, 6.07) is 3.44. The molecule has 15 heavy (non-hydrogen) atoms. The number of nitro groups is 1. The van der Waals surface area contributed by atoms with Gasteiger partial charge in [-0.15, -0.1) is 0 Å². The zero-order chi connectivity index (χ0) is 11.6. The van der Waals surface area contributed by atoms with Crippen LogP contribution in [0.1, 0.15) is 18.1 Å². The van der Waals surface area contributed by atoms with Crippen molar-refractivity contribution < 1.29 is 13.7 Å². The van der Waals surface area contributed by atoms with E-state index in [1.165, 1.54) is 12.1 Å². The van der Waals surface area contributed by atoms with Crippen LogP contribution >= 0.6 is 15.9 Å². The zero-order valence-corrected chi connectivity index (χ0v) is 9.42. The van der Waals surface area contributed by atoms with Crippen LogP contribution in [0, 0.1) is 10.1 Å². The van der Waals surface area contributed by atoms with E-state index in [1.54, 1.807) is 0 Å². The molecule has 0 fully saturated rings. The second kappa shape index (κ2) is 4.22. The van der Waals surface area contributed by atoms with Crippen LogP contribution in [0.2, 0.25) is 0 Å². The topological polar surface area (TPSA) is 43.1 Å². The molecule has 0 unspecified atom stereocenters. The number of nitrogens with zero attached hydrogens (tertiary/aromatic N) is 1. The van der Waals surface area contributed by atoms with E-state index < -0.39 is 10.8 Å². The van der Waals surface area contributed by atoms with Gasteiger partial charge in [0, 0.05) is 29.4 Å². The lowest BCUT2D eigenvalue weighted by Gasteiger charge is -2.10. The minimum Gasteiger partial charge on any atom is -0.258 e. The molecule has 1 aromatic rings. The van der Waals surface area contributed by atoms with Crippen LogP contribution in [0.4, 0.5) is 14.5 Å². The molecular formula is C9H8BrF2NO2. The number of hydrogen-bond donors (Lipinski definition) is 0. The Labute approximate surface area is 93.4 Å². The van der Waals surface area contributed by atoms with Crippen LogP contribution < -0.4 is 0 Å². The molecule has 0 saturated carbocycles. The quantitative estimate of drug-likeness (QED) is 0.482. The number of benzene rings is 1. The Morgan fingerprint density at radius 3 is 2.53 bits per heavy atom. The summed E-state index contributed by atoms with van der Waals surface area (Å²) in [5, 5.41) is 10.9. The van der Waals surface area contributed by atoms with E-state index in [9.17, 15) is 18.9 Å². The summed E-state index contributed by atoms with van der Waals surface area (Å²) in [5.41, 5.74) is -0.252. The molecule has 0 aliphatic rings. The van der Waals surface area contributed by atoms with Crippen LogP contribution in [0.3, 0.4) is 0 Å². The number of nitro benzene ring substituents is 1. The molecule has 0 radical (unpaired) electrons. The van der Waals surface area contributed by atoms with Crippen LogP contribution in [-0.2, 0) is 11.3 Å². The molecule has 1 aromatic carbocycles. The molecule has 3 nitrogen and oxygen atoms in total. The molecule has 0 heterocycles. The predicted octanol–water partition coefficient (Wildman–Crippen LogP) is 3.60. The Morgan fingerprint density at radius 2 is 2.13 bits per heavy atom. The molecule has 1 rings (SSSR count). The smallest absolute Gasteiger partial charge is 0.258 e. The van der Waals surface area contributed by atoms with Crippen LogP contribution in [0.5, 0.6) is 0 Å². The normalized spacial score (nSPS) is 11.5. The maximum Gasteiger partial charge on any atom is 0.273 e. The molecular weight excluding hydrogens is 272 g/mol. The standard InChI is InChI=1S/C9H8BrF2NO2/c1-9(11,12)7-3-2-6(5-10)8(4-7)13(14)15/h2-4H,5H2,1H3. The zero-order valence-electron chi connectivity index (χ0n) is 7.84. The fraction of sp³-hybridized carbons (Fsp3) is 0.333. The molecule has 0 bridgehead atoms. The Balaban J connectivity index is 3.28. The van der Waals surface area contributed by atoms with Crippen molar-refractivity contribution in [3.05, 3.63) is 39.4 Å².